The Morgan fingerprint density at radius 2 is 1.81 bits per heavy atom. The predicted octanol–water partition coefficient (Wildman–Crippen LogP) is 2.77. The molecule has 114 valence electrons. The molecule has 1 heterocycles. The fourth-order valence-corrected chi connectivity index (χ4v) is 4.10. The average Bonchev–Trinajstić information content (AvgIpc) is 2.54. The first-order valence-corrected chi connectivity index (χ1v) is 8.13. The topological polar surface area (TPSA) is 40.5 Å². The van der Waals surface area contributed by atoms with Gasteiger partial charge in [-0.3, -0.25) is 4.79 Å². The van der Waals surface area contributed by atoms with Gasteiger partial charge in [-0.1, -0.05) is 37.3 Å². The molecule has 1 N–H and O–H groups in total. The number of piperidine rings is 1. The molecule has 1 saturated heterocycles. The second-order valence-electron chi connectivity index (χ2n) is 6.71. The van der Waals surface area contributed by atoms with Crippen molar-refractivity contribution in [1.82, 2.24) is 4.90 Å². The smallest absolute Gasteiger partial charge is 0.226 e. The van der Waals surface area contributed by atoms with Crippen LogP contribution in [0.1, 0.15) is 44.6 Å². The molecule has 3 heteroatoms. The van der Waals surface area contributed by atoms with Crippen molar-refractivity contribution in [1.29, 1.82) is 0 Å². The molecule has 0 bridgehead atoms. The van der Waals surface area contributed by atoms with E-state index in [-0.39, 0.29) is 11.3 Å². The van der Waals surface area contributed by atoms with E-state index in [0.717, 1.165) is 50.8 Å². The molecule has 2 aliphatic rings. The van der Waals surface area contributed by atoms with E-state index >= 15 is 0 Å². The number of aliphatic hydroxyl groups is 1. The van der Waals surface area contributed by atoms with Crippen LogP contribution in [0.2, 0.25) is 0 Å². The molecular formula is C18H25NO2. The molecule has 1 amide bonds. The predicted molar refractivity (Wildman–Crippen MR) is 82.9 cm³/mol. The minimum Gasteiger partial charge on any atom is -0.389 e. The van der Waals surface area contributed by atoms with E-state index in [1.165, 1.54) is 0 Å². The fourth-order valence-electron chi connectivity index (χ4n) is 4.10. The Hall–Kier alpha value is -1.35. The summed E-state index contributed by atoms with van der Waals surface area (Å²) in [5, 5.41) is 10.7. The van der Waals surface area contributed by atoms with Crippen molar-refractivity contribution in [2.45, 2.75) is 51.0 Å². The maximum absolute atomic E-state index is 12.4. The summed E-state index contributed by atoms with van der Waals surface area (Å²) in [6.07, 6.45) is 5.30. The van der Waals surface area contributed by atoms with Gasteiger partial charge in [0.25, 0.3) is 0 Å². The number of rotatable bonds is 3. The lowest BCUT2D eigenvalue weighted by atomic mass is 9.51. The average molecular weight is 287 g/mol. The number of nitrogens with zero attached hydrogens (tertiary/aromatic N) is 1. The van der Waals surface area contributed by atoms with E-state index in [0.29, 0.717) is 6.42 Å². The lowest BCUT2D eigenvalue weighted by molar-refractivity contribution is -0.192. The molecule has 2 fully saturated rings. The van der Waals surface area contributed by atoms with Crippen LogP contribution in [-0.4, -0.2) is 34.6 Å². The summed E-state index contributed by atoms with van der Waals surface area (Å²) < 4.78 is 0. The number of benzene rings is 1. The van der Waals surface area contributed by atoms with E-state index in [1.54, 1.807) is 0 Å². The van der Waals surface area contributed by atoms with Crippen LogP contribution >= 0.6 is 0 Å². The zero-order valence-electron chi connectivity index (χ0n) is 12.8. The van der Waals surface area contributed by atoms with E-state index in [4.69, 9.17) is 0 Å². The van der Waals surface area contributed by atoms with E-state index in [1.807, 2.05) is 35.2 Å². The molecule has 0 aromatic heterocycles. The van der Waals surface area contributed by atoms with Gasteiger partial charge < -0.3 is 10.0 Å². The zero-order valence-corrected chi connectivity index (χ0v) is 12.8. The minimum atomic E-state index is -0.471. The van der Waals surface area contributed by atoms with E-state index in [9.17, 15) is 9.90 Å². The molecule has 1 aromatic carbocycles. The molecule has 1 atom stereocenters. The van der Waals surface area contributed by atoms with Crippen LogP contribution < -0.4 is 0 Å². The van der Waals surface area contributed by atoms with Gasteiger partial charge in [-0.15, -0.1) is 0 Å². The number of amides is 1. The van der Waals surface area contributed by atoms with Crippen molar-refractivity contribution in [3.8, 4) is 0 Å². The molecule has 3 nitrogen and oxygen atoms in total. The second kappa shape index (κ2) is 5.45. The molecule has 3 rings (SSSR count). The van der Waals surface area contributed by atoms with Crippen LogP contribution in [0.3, 0.4) is 0 Å². The third-order valence-corrected chi connectivity index (χ3v) is 5.86. The zero-order chi connectivity index (χ0) is 14.9. The normalized spacial score (nSPS) is 27.4. The Morgan fingerprint density at radius 1 is 1.14 bits per heavy atom. The summed E-state index contributed by atoms with van der Waals surface area (Å²) in [5.74, 6) is 0.218. The summed E-state index contributed by atoms with van der Waals surface area (Å²) in [6, 6.07) is 9.93. The first kappa shape index (κ1) is 14.6. The van der Waals surface area contributed by atoms with Crippen LogP contribution in [0.5, 0.6) is 0 Å². The SMILES string of the molecule is CCC1(O)CCC12CCN(C(=O)Cc1ccccc1)CC2. The van der Waals surface area contributed by atoms with Crippen LogP contribution in [0.4, 0.5) is 0 Å². The van der Waals surface area contributed by atoms with Gasteiger partial charge in [0.1, 0.15) is 0 Å². The van der Waals surface area contributed by atoms with Gasteiger partial charge in [0.15, 0.2) is 0 Å². The molecule has 0 radical (unpaired) electrons. The van der Waals surface area contributed by atoms with Crippen molar-refractivity contribution in [2.24, 2.45) is 5.41 Å². The standard InChI is InChI=1S/C18H25NO2/c1-2-18(21)9-8-17(18)10-12-19(13-11-17)16(20)14-15-6-4-3-5-7-15/h3-7,21H,2,8-14H2,1H3. The molecule has 1 aliphatic heterocycles. The Morgan fingerprint density at radius 3 is 2.33 bits per heavy atom. The van der Waals surface area contributed by atoms with Crippen molar-refractivity contribution >= 4 is 5.91 Å². The molecule has 1 aromatic rings. The Kier molecular flexibility index (Phi) is 3.78. The highest BCUT2D eigenvalue weighted by Gasteiger charge is 2.57. The maximum Gasteiger partial charge on any atom is 0.226 e. The van der Waals surface area contributed by atoms with Gasteiger partial charge in [-0.2, -0.15) is 0 Å². The molecule has 1 aliphatic carbocycles. The highest BCUT2D eigenvalue weighted by molar-refractivity contribution is 5.78. The molecule has 1 unspecified atom stereocenters. The number of likely N-dealkylation sites (tertiary alicyclic amines) is 1. The van der Waals surface area contributed by atoms with Crippen LogP contribution in [0, 0.1) is 5.41 Å². The molecular weight excluding hydrogens is 262 g/mol. The van der Waals surface area contributed by atoms with Crippen molar-refractivity contribution in [2.75, 3.05) is 13.1 Å². The third kappa shape index (κ3) is 2.48. The van der Waals surface area contributed by atoms with Gasteiger partial charge in [0.2, 0.25) is 5.91 Å². The first-order chi connectivity index (χ1) is 10.1. The van der Waals surface area contributed by atoms with Gasteiger partial charge in [-0.25, -0.2) is 0 Å². The molecule has 21 heavy (non-hydrogen) atoms. The lowest BCUT2D eigenvalue weighted by Crippen LogP contribution is -2.61. The lowest BCUT2D eigenvalue weighted by Gasteiger charge is -2.59. The Bertz CT molecular complexity index is 501. The van der Waals surface area contributed by atoms with Gasteiger partial charge in [0.05, 0.1) is 12.0 Å². The minimum absolute atomic E-state index is 0.0886. The van der Waals surface area contributed by atoms with Crippen molar-refractivity contribution in [3.05, 3.63) is 35.9 Å². The summed E-state index contributed by atoms with van der Waals surface area (Å²) >= 11 is 0. The number of hydrogen-bond acceptors (Lipinski definition) is 2. The number of carbonyl (C=O) groups excluding carboxylic acids is 1. The Balaban J connectivity index is 1.58. The quantitative estimate of drug-likeness (QED) is 0.928. The van der Waals surface area contributed by atoms with Crippen LogP contribution in [0.15, 0.2) is 30.3 Å². The summed E-state index contributed by atoms with van der Waals surface area (Å²) in [6.45, 7) is 3.68. The van der Waals surface area contributed by atoms with Crippen LogP contribution in [-0.2, 0) is 11.2 Å². The van der Waals surface area contributed by atoms with Crippen LogP contribution in [0.25, 0.3) is 0 Å². The fraction of sp³-hybridized carbons (Fsp3) is 0.611. The van der Waals surface area contributed by atoms with Crippen molar-refractivity contribution in [3.63, 3.8) is 0 Å². The summed E-state index contributed by atoms with van der Waals surface area (Å²) in [4.78, 5) is 14.4. The summed E-state index contributed by atoms with van der Waals surface area (Å²) in [7, 11) is 0. The van der Waals surface area contributed by atoms with Gasteiger partial charge in [0, 0.05) is 18.5 Å². The van der Waals surface area contributed by atoms with Crippen molar-refractivity contribution < 1.29 is 9.90 Å². The highest BCUT2D eigenvalue weighted by atomic mass is 16.3. The maximum atomic E-state index is 12.4. The van der Waals surface area contributed by atoms with E-state index in [2.05, 4.69) is 6.92 Å². The third-order valence-electron chi connectivity index (χ3n) is 5.86. The van der Waals surface area contributed by atoms with Gasteiger partial charge >= 0.3 is 0 Å². The Labute approximate surface area is 127 Å². The molecule has 1 spiro atoms. The summed E-state index contributed by atoms with van der Waals surface area (Å²) in [5.41, 5.74) is 0.698. The highest BCUT2D eigenvalue weighted by Crippen LogP contribution is 2.57. The number of hydrogen-bond donors (Lipinski definition) is 1. The largest absolute Gasteiger partial charge is 0.389 e. The second-order valence-corrected chi connectivity index (χ2v) is 6.71. The van der Waals surface area contributed by atoms with Gasteiger partial charge in [-0.05, 0) is 37.7 Å². The first-order valence-electron chi connectivity index (χ1n) is 8.13. The molecule has 1 saturated carbocycles. The number of carbonyl (C=O) groups is 1. The van der Waals surface area contributed by atoms with E-state index < -0.39 is 5.60 Å². The monoisotopic (exact) mass is 287 g/mol.